The van der Waals surface area contributed by atoms with Crippen molar-refractivity contribution in [1.29, 1.82) is 0 Å². The molecule has 160 valence electrons. The summed E-state index contributed by atoms with van der Waals surface area (Å²) in [5.41, 5.74) is 4.46. The van der Waals surface area contributed by atoms with E-state index in [4.69, 9.17) is 0 Å². The summed E-state index contributed by atoms with van der Waals surface area (Å²) in [6, 6.07) is 1.56. The normalized spacial score (nSPS) is 15.9. The molecule has 0 amide bonds. The highest BCUT2D eigenvalue weighted by Crippen LogP contribution is 2.39. The molecule has 31 heavy (non-hydrogen) atoms. The number of hydrogen-bond donors (Lipinski definition) is 0. The standard InChI is InChI=1S/C24H28N6O/c1-5-6-19(24-25-12-20(13-26-24)18-7-8-18)11-16(2)17(3)23-22(31)9-10-30(28-23)21-14-27-29(4)15-21/h6,9-15,17-18H,5,7-8H2,1-4H3. The molecule has 0 aliphatic heterocycles. The van der Waals surface area contributed by atoms with Crippen molar-refractivity contribution in [2.75, 3.05) is 0 Å². The molecule has 4 rings (SSSR count). The van der Waals surface area contributed by atoms with Crippen molar-refractivity contribution in [3.63, 3.8) is 0 Å². The first-order chi connectivity index (χ1) is 15.0. The molecule has 3 heterocycles. The maximum absolute atomic E-state index is 12.6. The van der Waals surface area contributed by atoms with Crippen LogP contribution in [0.2, 0.25) is 0 Å². The summed E-state index contributed by atoms with van der Waals surface area (Å²) in [4.78, 5) is 21.8. The average molecular weight is 417 g/mol. The van der Waals surface area contributed by atoms with Crippen LogP contribution in [0.1, 0.15) is 69.0 Å². The number of hydrogen-bond acceptors (Lipinski definition) is 5. The van der Waals surface area contributed by atoms with E-state index in [1.54, 1.807) is 27.8 Å². The Morgan fingerprint density at radius 3 is 2.61 bits per heavy atom. The molecule has 0 spiro atoms. The number of allylic oxidation sites excluding steroid dienone is 4. The van der Waals surface area contributed by atoms with E-state index in [2.05, 4.69) is 39.2 Å². The summed E-state index contributed by atoms with van der Waals surface area (Å²) in [7, 11) is 1.85. The third kappa shape index (κ3) is 4.71. The van der Waals surface area contributed by atoms with Crippen molar-refractivity contribution in [3.8, 4) is 5.69 Å². The van der Waals surface area contributed by atoms with Crippen LogP contribution < -0.4 is 5.43 Å². The topological polar surface area (TPSA) is 78.5 Å². The number of aryl methyl sites for hydroxylation is 1. The second-order valence-corrected chi connectivity index (χ2v) is 8.17. The van der Waals surface area contributed by atoms with Gasteiger partial charge in [0.05, 0.1) is 12.4 Å². The molecule has 1 saturated carbocycles. The molecule has 1 unspecified atom stereocenters. The lowest BCUT2D eigenvalue weighted by molar-refractivity contribution is 0.731. The van der Waals surface area contributed by atoms with E-state index in [-0.39, 0.29) is 11.3 Å². The van der Waals surface area contributed by atoms with Crippen LogP contribution >= 0.6 is 0 Å². The fourth-order valence-corrected chi connectivity index (χ4v) is 3.53. The molecule has 0 aromatic carbocycles. The molecule has 7 heteroatoms. The molecule has 0 bridgehead atoms. The van der Waals surface area contributed by atoms with Crippen LogP contribution in [0.5, 0.6) is 0 Å². The summed E-state index contributed by atoms with van der Waals surface area (Å²) < 4.78 is 3.40. The Balaban J connectivity index is 1.63. The Bertz CT molecular complexity index is 1180. The van der Waals surface area contributed by atoms with Gasteiger partial charge in [0.25, 0.3) is 0 Å². The van der Waals surface area contributed by atoms with Crippen LogP contribution in [0.25, 0.3) is 11.3 Å². The minimum atomic E-state index is -0.150. The zero-order chi connectivity index (χ0) is 22.0. The summed E-state index contributed by atoms with van der Waals surface area (Å²) >= 11 is 0. The van der Waals surface area contributed by atoms with Gasteiger partial charge in [-0.25, -0.2) is 14.6 Å². The molecule has 3 aromatic rings. The van der Waals surface area contributed by atoms with Gasteiger partial charge in [0.15, 0.2) is 5.82 Å². The van der Waals surface area contributed by atoms with Crippen molar-refractivity contribution >= 4 is 5.57 Å². The van der Waals surface area contributed by atoms with Crippen LogP contribution in [0, 0.1) is 0 Å². The maximum Gasteiger partial charge on any atom is 0.203 e. The molecule has 1 atom stereocenters. The van der Waals surface area contributed by atoms with Crippen molar-refractivity contribution in [1.82, 2.24) is 29.5 Å². The second-order valence-electron chi connectivity index (χ2n) is 8.17. The molecule has 0 N–H and O–H groups in total. The first-order valence-corrected chi connectivity index (χ1v) is 10.8. The monoisotopic (exact) mass is 416 g/mol. The van der Waals surface area contributed by atoms with Gasteiger partial charge in [-0.1, -0.05) is 31.6 Å². The van der Waals surface area contributed by atoms with Crippen LogP contribution in [0.3, 0.4) is 0 Å². The zero-order valence-corrected chi connectivity index (χ0v) is 18.5. The fraction of sp³-hybridized carbons (Fsp3) is 0.375. The van der Waals surface area contributed by atoms with Crippen molar-refractivity contribution < 1.29 is 0 Å². The van der Waals surface area contributed by atoms with Gasteiger partial charge in [-0.05, 0) is 37.7 Å². The number of nitrogens with zero attached hydrogens (tertiary/aromatic N) is 6. The Kier molecular flexibility index (Phi) is 5.93. The van der Waals surface area contributed by atoms with Gasteiger partial charge >= 0.3 is 0 Å². The van der Waals surface area contributed by atoms with Gasteiger partial charge in [-0.2, -0.15) is 10.2 Å². The third-order valence-electron chi connectivity index (χ3n) is 5.67. The first kappa shape index (κ1) is 20.9. The first-order valence-electron chi connectivity index (χ1n) is 10.8. The van der Waals surface area contributed by atoms with E-state index in [0.717, 1.165) is 23.3 Å². The minimum absolute atomic E-state index is 0.0774. The Hall–Kier alpha value is -3.35. The van der Waals surface area contributed by atoms with Crippen molar-refractivity contribution in [3.05, 3.63) is 82.1 Å². The van der Waals surface area contributed by atoms with Crippen molar-refractivity contribution in [2.45, 2.75) is 51.9 Å². The second kappa shape index (κ2) is 8.79. The molecule has 1 aliphatic carbocycles. The summed E-state index contributed by atoms with van der Waals surface area (Å²) in [5.74, 6) is 1.20. The minimum Gasteiger partial charge on any atom is -0.288 e. The van der Waals surface area contributed by atoms with Crippen LogP contribution in [0.4, 0.5) is 0 Å². The summed E-state index contributed by atoms with van der Waals surface area (Å²) in [5, 5.41) is 8.78. The SMILES string of the molecule is CCC=C(C=C(C)C(C)c1nn(-c2cnn(C)c2)ccc1=O)c1ncc(C2CC2)cn1. The molecule has 1 aliphatic rings. The van der Waals surface area contributed by atoms with E-state index in [1.807, 2.05) is 39.5 Å². The van der Waals surface area contributed by atoms with Crippen LogP contribution in [-0.4, -0.2) is 29.5 Å². The summed E-state index contributed by atoms with van der Waals surface area (Å²) in [6.07, 6.45) is 16.7. The quantitative estimate of drug-likeness (QED) is 0.540. The molecule has 3 aromatic heterocycles. The summed E-state index contributed by atoms with van der Waals surface area (Å²) in [6.45, 7) is 6.12. The fourth-order valence-electron chi connectivity index (χ4n) is 3.53. The largest absolute Gasteiger partial charge is 0.288 e. The predicted octanol–water partition coefficient (Wildman–Crippen LogP) is 4.18. The predicted molar refractivity (Wildman–Crippen MR) is 121 cm³/mol. The molecule has 0 radical (unpaired) electrons. The highest BCUT2D eigenvalue weighted by Gasteiger charge is 2.24. The Morgan fingerprint density at radius 2 is 2.00 bits per heavy atom. The smallest absolute Gasteiger partial charge is 0.203 e. The molecular weight excluding hydrogens is 388 g/mol. The van der Waals surface area contributed by atoms with E-state index in [9.17, 15) is 4.79 Å². The molecular formula is C24H28N6O. The highest BCUT2D eigenvalue weighted by atomic mass is 16.1. The third-order valence-corrected chi connectivity index (χ3v) is 5.67. The lowest BCUT2D eigenvalue weighted by Gasteiger charge is -2.14. The van der Waals surface area contributed by atoms with Crippen molar-refractivity contribution in [2.24, 2.45) is 7.05 Å². The van der Waals surface area contributed by atoms with Crippen LogP contribution in [0.15, 0.2) is 59.6 Å². The lowest BCUT2D eigenvalue weighted by Crippen LogP contribution is -2.18. The maximum atomic E-state index is 12.6. The van der Waals surface area contributed by atoms with Gasteiger partial charge in [0, 0.05) is 43.2 Å². The van der Waals surface area contributed by atoms with Gasteiger partial charge in [0.1, 0.15) is 11.4 Å². The average Bonchev–Trinajstić information content (AvgIpc) is 3.54. The van der Waals surface area contributed by atoms with Gasteiger partial charge in [0.2, 0.25) is 5.43 Å². The molecule has 7 nitrogen and oxygen atoms in total. The molecule has 1 fully saturated rings. The van der Waals surface area contributed by atoms with Gasteiger partial charge < -0.3 is 0 Å². The lowest BCUT2D eigenvalue weighted by atomic mass is 9.96. The Morgan fingerprint density at radius 1 is 1.26 bits per heavy atom. The zero-order valence-electron chi connectivity index (χ0n) is 18.5. The van der Waals surface area contributed by atoms with E-state index in [1.165, 1.54) is 18.4 Å². The van der Waals surface area contributed by atoms with E-state index >= 15 is 0 Å². The highest BCUT2D eigenvalue weighted by molar-refractivity contribution is 5.70. The van der Waals surface area contributed by atoms with Gasteiger partial charge in [-0.3, -0.25) is 9.48 Å². The Labute approximate surface area is 182 Å². The number of rotatable bonds is 7. The molecule has 0 saturated heterocycles. The van der Waals surface area contributed by atoms with Crippen LogP contribution in [-0.2, 0) is 7.05 Å². The van der Waals surface area contributed by atoms with E-state index < -0.39 is 0 Å². The van der Waals surface area contributed by atoms with Gasteiger partial charge in [-0.15, -0.1) is 0 Å². The van der Waals surface area contributed by atoms with E-state index in [0.29, 0.717) is 17.4 Å². The number of aromatic nitrogens is 6.